The van der Waals surface area contributed by atoms with Crippen molar-refractivity contribution < 1.29 is 18.0 Å². The first kappa shape index (κ1) is 23.1. The zero-order valence-corrected chi connectivity index (χ0v) is 19.1. The first-order chi connectivity index (χ1) is 16.8. The number of amides is 1. The van der Waals surface area contributed by atoms with Gasteiger partial charge in [-0.25, -0.2) is 15.0 Å². The molecule has 0 spiro atoms. The average Bonchev–Trinajstić information content (AvgIpc) is 3.58. The molecule has 1 amide bonds. The maximum absolute atomic E-state index is 13.6. The minimum atomic E-state index is -4.80. The van der Waals surface area contributed by atoms with E-state index < -0.39 is 23.3 Å². The van der Waals surface area contributed by atoms with Gasteiger partial charge in [0.2, 0.25) is 5.95 Å². The number of aromatic nitrogens is 6. The molecule has 1 saturated heterocycles. The molecular weight excluding hydrogens is 485 g/mol. The van der Waals surface area contributed by atoms with Gasteiger partial charge in [0, 0.05) is 61.6 Å². The van der Waals surface area contributed by atoms with Gasteiger partial charge in [0.1, 0.15) is 5.65 Å². The summed E-state index contributed by atoms with van der Waals surface area (Å²) >= 11 is 6.08. The van der Waals surface area contributed by atoms with Gasteiger partial charge in [-0.05, 0) is 24.5 Å². The fourth-order valence-corrected chi connectivity index (χ4v) is 4.16. The Kier molecular flexibility index (Phi) is 6.05. The van der Waals surface area contributed by atoms with Gasteiger partial charge in [0.05, 0.1) is 17.1 Å². The van der Waals surface area contributed by atoms with Gasteiger partial charge < -0.3 is 15.2 Å². The van der Waals surface area contributed by atoms with E-state index in [-0.39, 0.29) is 13.1 Å². The largest absolute Gasteiger partial charge is 0.435 e. The van der Waals surface area contributed by atoms with Gasteiger partial charge in [0.15, 0.2) is 5.69 Å². The third-order valence-corrected chi connectivity index (χ3v) is 6.00. The SMILES string of the molecule is O=C(NCc1cnc2[nH]cc(Cl)c2c1)c1cn(Cc2cnc(N3CCCC3)nc2)nc1C(F)(F)F. The summed E-state index contributed by atoms with van der Waals surface area (Å²) in [5.41, 5.74) is -0.0988. The number of carbonyl (C=O) groups excluding carboxylic acids is 1. The van der Waals surface area contributed by atoms with Crippen LogP contribution in [0.4, 0.5) is 19.1 Å². The summed E-state index contributed by atoms with van der Waals surface area (Å²) in [6.07, 6.45) is 4.65. The molecule has 1 aliphatic heterocycles. The number of hydrogen-bond acceptors (Lipinski definition) is 6. The molecule has 9 nitrogen and oxygen atoms in total. The van der Waals surface area contributed by atoms with Crippen LogP contribution in [0.5, 0.6) is 0 Å². The van der Waals surface area contributed by atoms with Crippen molar-refractivity contribution in [1.82, 2.24) is 35.0 Å². The Balaban J connectivity index is 1.31. The summed E-state index contributed by atoms with van der Waals surface area (Å²) in [5.74, 6) is -0.305. The molecule has 35 heavy (non-hydrogen) atoms. The molecule has 0 aliphatic carbocycles. The van der Waals surface area contributed by atoms with Crippen molar-refractivity contribution in [3.63, 3.8) is 0 Å². The smallest absolute Gasteiger partial charge is 0.348 e. The van der Waals surface area contributed by atoms with Crippen LogP contribution < -0.4 is 10.2 Å². The number of alkyl halides is 3. The fraction of sp³-hybridized carbons (Fsp3) is 0.318. The van der Waals surface area contributed by atoms with Crippen LogP contribution in [0.3, 0.4) is 0 Å². The Morgan fingerprint density at radius 3 is 2.54 bits per heavy atom. The highest BCUT2D eigenvalue weighted by Crippen LogP contribution is 2.31. The molecule has 5 rings (SSSR count). The van der Waals surface area contributed by atoms with Crippen molar-refractivity contribution in [3.8, 4) is 0 Å². The predicted molar refractivity (Wildman–Crippen MR) is 122 cm³/mol. The van der Waals surface area contributed by atoms with E-state index in [1.54, 1.807) is 24.7 Å². The molecule has 5 heterocycles. The molecule has 2 N–H and O–H groups in total. The van der Waals surface area contributed by atoms with Crippen molar-refractivity contribution in [3.05, 3.63) is 64.5 Å². The van der Waals surface area contributed by atoms with E-state index in [9.17, 15) is 18.0 Å². The van der Waals surface area contributed by atoms with Crippen molar-refractivity contribution in [2.24, 2.45) is 0 Å². The first-order valence-electron chi connectivity index (χ1n) is 10.9. The van der Waals surface area contributed by atoms with E-state index in [1.807, 2.05) is 0 Å². The maximum atomic E-state index is 13.6. The lowest BCUT2D eigenvalue weighted by Gasteiger charge is -2.14. The first-order valence-corrected chi connectivity index (χ1v) is 11.3. The number of carbonyl (C=O) groups is 1. The molecule has 1 fully saturated rings. The molecule has 4 aromatic heterocycles. The lowest BCUT2D eigenvalue weighted by molar-refractivity contribution is -0.141. The predicted octanol–water partition coefficient (Wildman–Crippen LogP) is 3.80. The van der Waals surface area contributed by atoms with Gasteiger partial charge in [0.25, 0.3) is 5.91 Å². The normalized spacial score (nSPS) is 14.1. The number of aromatic amines is 1. The number of pyridine rings is 1. The van der Waals surface area contributed by atoms with Crippen molar-refractivity contribution in [2.75, 3.05) is 18.0 Å². The van der Waals surface area contributed by atoms with E-state index in [0.29, 0.717) is 33.1 Å². The molecule has 0 aromatic carbocycles. The summed E-state index contributed by atoms with van der Waals surface area (Å²) in [4.78, 5) is 30.4. The summed E-state index contributed by atoms with van der Waals surface area (Å²) in [5, 5.41) is 7.24. The van der Waals surface area contributed by atoms with Crippen LogP contribution in [0.15, 0.2) is 37.1 Å². The van der Waals surface area contributed by atoms with Gasteiger partial charge in [-0.15, -0.1) is 0 Å². The quantitative estimate of drug-likeness (QED) is 0.414. The standard InChI is InChI=1S/C22H20ClF3N8O/c23-17-10-28-19-15(17)5-13(6-27-19)7-29-20(35)16-12-34(32-18(16)22(24,25)26)11-14-8-30-21(31-9-14)33-3-1-2-4-33/h5-6,8-10,12H,1-4,7,11H2,(H,27,28)(H,29,35). The zero-order valence-electron chi connectivity index (χ0n) is 18.3. The van der Waals surface area contributed by atoms with Crippen molar-refractivity contribution in [2.45, 2.75) is 32.1 Å². The van der Waals surface area contributed by atoms with Crippen LogP contribution in [-0.2, 0) is 19.3 Å². The minimum Gasteiger partial charge on any atom is -0.348 e. The molecule has 4 aromatic rings. The van der Waals surface area contributed by atoms with Crippen LogP contribution in [0.1, 0.15) is 40.0 Å². The molecule has 182 valence electrons. The Hall–Kier alpha value is -3.67. The molecular formula is C22H20ClF3N8O. The Bertz CT molecular complexity index is 1360. The summed E-state index contributed by atoms with van der Waals surface area (Å²) in [6.45, 7) is 1.73. The van der Waals surface area contributed by atoms with Crippen LogP contribution in [-0.4, -0.2) is 48.7 Å². The van der Waals surface area contributed by atoms with Crippen LogP contribution in [0, 0.1) is 0 Å². The number of hydrogen-bond donors (Lipinski definition) is 2. The number of nitrogens with one attached hydrogen (secondary N) is 2. The third-order valence-electron chi connectivity index (χ3n) is 5.69. The highest BCUT2D eigenvalue weighted by molar-refractivity contribution is 6.35. The van der Waals surface area contributed by atoms with Gasteiger partial charge in [-0.3, -0.25) is 9.48 Å². The van der Waals surface area contributed by atoms with E-state index in [4.69, 9.17) is 11.6 Å². The average molecular weight is 505 g/mol. The molecule has 0 unspecified atom stereocenters. The molecule has 0 radical (unpaired) electrons. The molecule has 13 heteroatoms. The van der Waals surface area contributed by atoms with E-state index in [0.717, 1.165) is 36.8 Å². The highest BCUT2D eigenvalue weighted by Gasteiger charge is 2.39. The highest BCUT2D eigenvalue weighted by atomic mass is 35.5. The van der Waals surface area contributed by atoms with Crippen molar-refractivity contribution >= 4 is 34.5 Å². The van der Waals surface area contributed by atoms with Crippen LogP contribution >= 0.6 is 11.6 Å². The number of H-pyrrole nitrogens is 1. The molecule has 0 saturated carbocycles. The third kappa shape index (κ3) is 4.92. The Labute approximate surface area is 202 Å². The molecule has 0 atom stereocenters. The second-order valence-corrected chi connectivity index (χ2v) is 8.64. The van der Waals surface area contributed by atoms with Crippen LogP contribution in [0.25, 0.3) is 11.0 Å². The van der Waals surface area contributed by atoms with Gasteiger partial charge in [-0.2, -0.15) is 18.3 Å². The number of anilines is 1. The number of halogens is 4. The number of nitrogens with zero attached hydrogens (tertiary/aromatic N) is 6. The molecule has 0 bridgehead atoms. The second kappa shape index (κ2) is 9.17. The summed E-state index contributed by atoms with van der Waals surface area (Å²) < 4.78 is 41.9. The lowest BCUT2D eigenvalue weighted by atomic mass is 10.2. The van der Waals surface area contributed by atoms with E-state index >= 15 is 0 Å². The van der Waals surface area contributed by atoms with E-state index in [2.05, 4.69) is 35.3 Å². The summed E-state index contributed by atoms with van der Waals surface area (Å²) in [7, 11) is 0. The minimum absolute atomic E-state index is 0.0107. The molecule has 1 aliphatic rings. The second-order valence-electron chi connectivity index (χ2n) is 8.23. The summed E-state index contributed by atoms with van der Waals surface area (Å²) in [6, 6.07) is 1.71. The Morgan fingerprint density at radius 2 is 1.83 bits per heavy atom. The number of rotatable bonds is 6. The van der Waals surface area contributed by atoms with Gasteiger partial charge in [-0.1, -0.05) is 11.6 Å². The van der Waals surface area contributed by atoms with Gasteiger partial charge >= 0.3 is 6.18 Å². The van der Waals surface area contributed by atoms with Crippen LogP contribution in [0.2, 0.25) is 5.02 Å². The lowest BCUT2D eigenvalue weighted by Crippen LogP contribution is -2.25. The van der Waals surface area contributed by atoms with Crippen molar-refractivity contribution in [1.29, 1.82) is 0 Å². The monoisotopic (exact) mass is 504 g/mol. The Morgan fingerprint density at radius 1 is 1.11 bits per heavy atom. The number of fused-ring (bicyclic) bond motifs is 1. The zero-order chi connectivity index (χ0) is 24.6. The topological polar surface area (TPSA) is 105 Å². The fourth-order valence-electron chi connectivity index (χ4n) is 3.96. The van der Waals surface area contributed by atoms with E-state index in [1.165, 1.54) is 6.20 Å². The maximum Gasteiger partial charge on any atom is 0.435 e.